The molecule has 1 aliphatic heterocycles. The molecule has 1 aromatic carbocycles. The van der Waals surface area contributed by atoms with E-state index in [0.717, 1.165) is 35.7 Å². The minimum absolute atomic E-state index is 0.530. The molecule has 1 aliphatic rings. The van der Waals surface area contributed by atoms with Crippen LogP contribution in [0.25, 0.3) is 11.5 Å². The normalized spacial score (nSPS) is 14.2. The molecule has 2 aromatic heterocycles. The molecule has 0 atom stereocenters. The Morgan fingerprint density at radius 2 is 1.86 bits per heavy atom. The van der Waals surface area contributed by atoms with Crippen LogP contribution in [0.5, 0.6) is 0 Å². The Balaban J connectivity index is 1.27. The Kier molecular flexibility index (Phi) is 6.04. The summed E-state index contributed by atoms with van der Waals surface area (Å²) < 4.78 is 5.58. The molecule has 7 nitrogen and oxygen atoms in total. The maximum absolute atomic E-state index is 5.58. The highest BCUT2D eigenvalue weighted by Crippen LogP contribution is 2.18. The molecular weight excluding hydrogens is 364 g/mol. The van der Waals surface area contributed by atoms with Crippen LogP contribution >= 0.6 is 0 Å². The fourth-order valence-corrected chi connectivity index (χ4v) is 3.34. The molecule has 1 saturated heterocycles. The van der Waals surface area contributed by atoms with Crippen LogP contribution in [0, 0.1) is 0 Å². The van der Waals surface area contributed by atoms with Gasteiger partial charge in [-0.1, -0.05) is 24.3 Å². The van der Waals surface area contributed by atoms with E-state index in [9.17, 15) is 0 Å². The molecule has 0 saturated carbocycles. The van der Waals surface area contributed by atoms with Crippen LogP contribution in [0.4, 0.5) is 5.82 Å². The van der Waals surface area contributed by atoms with Crippen molar-refractivity contribution in [1.82, 2.24) is 20.6 Å². The largest absolute Gasteiger partial charge is 0.444 e. The molecule has 3 aromatic rings. The van der Waals surface area contributed by atoms with Crippen molar-refractivity contribution in [3.8, 4) is 11.5 Å². The van der Waals surface area contributed by atoms with Gasteiger partial charge in [0.1, 0.15) is 12.1 Å². The van der Waals surface area contributed by atoms with Crippen molar-refractivity contribution in [2.45, 2.75) is 25.9 Å². The number of nitrogens with one attached hydrogen (secondary N) is 2. The smallest absolute Gasteiger partial charge is 0.226 e. The summed E-state index contributed by atoms with van der Waals surface area (Å²) in [4.78, 5) is 15.7. The zero-order valence-corrected chi connectivity index (χ0v) is 16.6. The Hall–Kier alpha value is -3.35. The standard InChI is InChI=1S/C22H26N6O/c1-23-22(25-14-17-9-10-20(24-13-17)28-11-5-6-12-28)26-15-19-16-29-21(27-19)18-7-3-2-4-8-18/h2-4,7-10,13,16H,5-6,11-12,14-15H2,1H3,(H2,23,25,26). The zero-order chi connectivity index (χ0) is 19.9. The van der Waals surface area contributed by atoms with Gasteiger partial charge in [0.25, 0.3) is 0 Å². The topological polar surface area (TPSA) is 78.6 Å². The van der Waals surface area contributed by atoms with Crippen LogP contribution in [0.2, 0.25) is 0 Å². The third-order valence-corrected chi connectivity index (χ3v) is 4.93. The number of anilines is 1. The number of hydrogen-bond acceptors (Lipinski definition) is 5. The van der Waals surface area contributed by atoms with E-state index in [2.05, 4.69) is 42.6 Å². The number of aliphatic imine (C=N–C) groups is 1. The van der Waals surface area contributed by atoms with E-state index in [1.165, 1.54) is 12.8 Å². The van der Waals surface area contributed by atoms with Crippen LogP contribution in [-0.4, -0.2) is 36.1 Å². The lowest BCUT2D eigenvalue weighted by Gasteiger charge is -2.16. The second-order valence-electron chi connectivity index (χ2n) is 7.01. The van der Waals surface area contributed by atoms with E-state index in [0.29, 0.717) is 24.9 Å². The summed E-state index contributed by atoms with van der Waals surface area (Å²) in [5.41, 5.74) is 2.90. The number of oxazole rings is 1. The first kappa shape index (κ1) is 19.0. The van der Waals surface area contributed by atoms with Gasteiger partial charge in [0.2, 0.25) is 5.89 Å². The highest BCUT2D eigenvalue weighted by molar-refractivity contribution is 5.79. The minimum atomic E-state index is 0.530. The Morgan fingerprint density at radius 3 is 2.59 bits per heavy atom. The first-order valence-corrected chi connectivity index (χ1v) is 9.96. The summed E-state index contributed by atoms with van der Waals surface area (Å²) in [6.07, 6.45) is 6.11. The summed E-state index contributed by atoms with van der Waals surface area (Å²) in [6, 6.07) is 14.1. The molecule has 0 aliphatic carbocycles. The highest BCUT2D eigenvalue weighted by Gasteiger charge is 2.13. The van der Waals surface area contributed by atoms with Crippen molar-refractivity contribution in [3.63, 3.8) is 0 Å². The number of rotatable bonds is 6. The van der Waals surface area contributed by atoms with E-state index >= 15 is 0 Å². The zero-order valence-electron chi connectivity index (χ0n) is 16.6. The Bertz CT molecular complexity index is 929. The molecule has 0 amide bonds. The van der Waals surface area contributed by atoms with Crippen LogP contribution in [-0.2, 0) is 13.1 Å². The molecule has 2 N–H and O–H groups in total. The van der Waals surface area contributed by atoms with Crippen LogP contribution < -0.4 is 15.5 Å². The predicted octanol–water partition coefficient (Wildman–Crippen LogP) is 3.20. The lowest BCUT2D eigenvalue weighted by Crippen LogP contribution is -2.36. The minimum Gasteiger partial charge on any atom is -0.444 e. The van der Waals surface area contributed by atoms with E-state index in [-0.39, 0.29) is 0 Å². The van der Waals surface area contributed by atoms with Crippen molar-refractivity contribution in [2.75, 3.05) is 25.0 Å². The lowest BCUT2D eigenvalue weighted by atomic mass is 10.2. The molecule has 1 fully saturated rings. The summed E-state index contributed by atoms with van der Waals surface area (Å²) >= 11 is 0. The first-order chi connectivity index (χ1) is 14.3. The van der Waals surface area contributed by atoms with Gasteiger partial charge < -0.3 is 20.0 Å². The molecule has 0 unspecified atom stereocenters. The summed E-state index contributed by atoms with van der Waals surface area (Å²) in [6.45, 7) is 3.40. The Labute approximate surface area is 170 Å². The van der Waals surface area contributed by atoms with E-state index in [1.54, 1.807) is 13.3 Å². The van der Waals surface area contributed by atoms with Gasteiger partial charge in [0.15, 0.2) is 5.96 Å². The van der Waals surface area contributed by atoms with Gasteiger partial charge in [0.05, 0.1) is 12.2 Å². The number of aromatic nitrogens is 2. The number of nitrogens with zero attached hydrogens (tertiary/aromatic N) is 4. The number of pyridine rings is 1. The second-order valence-corrected chi connectivity index (χ2v) is 7.01. The fraction of sp³-hybridized carbons (Fsp3) is 0.318. The van der Waals surface area contributed by atoms with Crippen molar-refractivity contribution < 1.29 is 4.42 Å². The average Bonchev–Trinajstić information content (AvgIpc) is 3.47. The molecule has 0 spiro atoms. The van der Waals surface area contributed by atoms with E-state index in [4.69, 9.17) is 4.42 Å². The molecule has 4 rings (SSSR count). The summed E-state index contributed by atoms with van der Waals surface area (Å²) in [5.74, 6) is 2.39. The van der Waals surface area contributed by atoms with E-state index < -0.39 is 0 Å². The molecule has 29 heavy (non-hydrogen) atoms. The van der Waals surface area contributed by atoms with Crippen LogP contribution in [0.15, 0.2) is 64.3 Å². The van der Waals surface area contributed by atoms with Crippen molar-refractivity contribution >= 4 is 11.8 Å². The van der Waals surface area contributed by atoms with Crippen molar-refractivity contribution in [3.05, 3.63) is 66.2 Å². The number of guanidine groups is 1. The molecule has 7 heteroatoms. The fourth-order valence-electron chi connectivity index (χ4n) is 3.34. The number of benzene rings is 1. The predicted molar refractivity (Wildman–Crippen MR) is 115 cm³/mol. The molecule has 3 heterocycles. The van der Waals surface area contributed by atoms with Crippen LogP contribution in [0.1, 0.15) is 24.1 Å². The van der Waals surface area contributed by atoms with Gasteiger partial charge >= 0.3 is 0 Å². The number of hydrogen-bond donors (Lipinski definition) is 2. The average molecular weight is 390 g/mol. The van der Waals surface area contributed by atoms with Gasteiger partial charge in [-0.25, -0.2) is 9.97 Å². The Morgan fingerprint density at radius 1 is 1.07 bits per heavy atom. The van der Waals surface area contributed by atoms with Crippen molar-refractivity contribution in [1.29, 1.82) is 0 Å². The summed E-state index contributed by atoms with van der Waals surface area (Å²) in [5, 5.41) is 6.57. The SMILES string of the molecule is CN=C(NCc1ccc(N2CCCC2)nc1)NCc1coc(-c2ccccc2)n1. The first-order valence-electron chi connectivity index (χ1n) is 9.96. The highest BCUT2D eigenvalue weighted by atomic mass is 16.3. The van der Waals surface area contributed by atoms with Gasteiger partial charge in [0, 0.05) is 38.4 Å². The van der Waals surface area contributed by atoms with Gasteiger partial charge in [-0.15, -0.1) is 0 Å². The maximum atomic E-state index is 5.58. The van der Waals surface area contributed by atoms with Gasteiger partial charge in [-0.3, -0.25) is 4.99 Å². The van der Waals surface area contributed by atoms with Crippen LogP contribution in [0.3, 0.4) is 0 Å². The molecule has 0 radical (unpaired) electrons. The van der Waals surface area contributed by atoms with E-state index in [1.807, 2.05) is 36.5 Å². The summed E-state index contributed by atoms with van der Waals surface area (Å²) in [7, 11) is 1.75. The maximum Gasteiger partial charge on any atom is 0.226 e. The monoisotopic (exact) mass is 390 g/mol. The second kappa shape index (κ2) is 9.23. The third-order valence-electron chi connectivity index (χ3n) is 4.93. The molecular formula is C22H26N6O. The lowest BCUT2D eigenvalue weighted by molar-refractivity contribution is 0.572. The van der Waals surface area contributed by atoms with Gasteiger partial charge in [-0.2, -0.15) is 0 Å². The molecule has 150 valence electrons. The van der Waals surface area contributed by atoms with Crippen molar-refractivity contribution in [2.24, 2.45) is 4.99 Å². The quantitative estimate of drug-likeness (QED) is 0.497. The molecule has 0 bridgehead atoms. The van der Waals surface area contributed by atoms with Gasteiger partial charge in [-0.05, 0) is 36.6 Å². The third kappa shape index (κ3) is 4.93.